The van der Waals surface area contributed by atoms with Crippen LogP contribution in [0.1, 0.15) is 24.9 Å². The maximum atomic E-state index is 11.7. The Kier molecular flexibility index (Phi) is 3.19. The molecule has 1 unspecified atom stereocenters. The molecule has 4 heteroatoms. The zero-order valence-electron chi connectivity index (χ0n) is 9.26. The molecule has 2 rings (SSSR count). The average Bonchev–Trinajstić information content (AvgIpc) is 2.79. The number of nitrogens with zero attached hydrogens (tertiary/aromatic N) is 2. The van der Waals surface area contributed by atoms with Crippen molar-refractivity contribution >= 4 is 12.2 Å². The van der Waals surface area contributed by atoms with Crippen molar-refractivity contribution in [1.82, 2.24) is 10.3 Å². The molecule has 1 N–H and O–H groups in total. The van der Waals surface area contributed by atoms with Gasteiger partial charge in [-0.05, 0) is 12.5 Å². The fourth-order valence-corrected chi connectivity index (χ4v) is 1.79. The Hall–Kier alpha value is -1.84. The van der Waals surface area contributed by atoms with Crippen molar-refractivity contribution in [2.45, 2.75) is 19.4 Å². The number of urea groups is 1. The van der Waals surface area contributed by atoms with E-state index in [-0.39, 0.29) is 12.1 Å². The Morgan fingerprint density at radius 2 is 2.25 bits per heavy atom. The third-order valence-corrected chi connectivity index (χ3v) is 2.55. The summed E-state index contributed by atoms with van der Waals surface area (Å²) in [5, 5.41) is 8.38. The summed E-state index contributed by atoms with van der Waals surface area (Å²) in [4.78, 5) is 11.7. The van der Waals surface area contributed by atoms with Gasteiger partial charge in [-0.15, -0.1) is 0 Å². The predicted octanol–water partition coefficient (Wildman–Crippen LogP) is 2.15. The number of carbonyl (C=O) groups excluding carboxylic acids is 1. The van der Waals surface area contributed by atoms with Gasteiger partial charge in [0.05, 0.1) is 6.04 Å². The number of carbonyl (C=O) groups is 1. The van der Waals surface area contributed by atoms with E-state index >= 15 is 0 Å². The number of nitrogens with one attached hydrogen (secondary N) is 1. The van der Waals surface area contributed by atoms with Crippen LogP contribution in [0, 0.1) is 0 Å². The summed E-state index contributed by atoms with van der Waals surface area (Å²) in [6.07, 6.45) is 2.56. The van der Waals surface area contributed by atoms with Crippen LogP contribution in [0.25, 0.3) is 0 Å². The molecule has 0 bridgehead atoms. The Bertz CT molecular complexity index is 389. The van der Waals surface area contributed by atoms with E-state index < -0.39 is 0 Å². The molecular weight excluding hydrogens is 202 g/mol. The molecule has 0 aliphatic carbocycles. The van der Waals surface area contributed by atoms with Crippen molar-refractivity contribution in [2.24, 2.45) is 5.10 Å². The minimum Gasteiger partial charge on any atom is -0.337 e. The lowest BCUT2D eigenvalue weighted by atomic mass is 10.1. The first kappa shape index (κ1) is 10.7. The van der Waals surface area contributed by atoms with E-state index in [0.717, 1.165) is 12.0 Å². The zero-order chi connectivity index (χ0) is 11.4. The number of hydrogen-bond acceptors (Lipinski definition) is 2. The van der Waals surface area contributed by atoms with Gasteiger partial charge >= 0.3 is 6.03 Å². The van der Waals surface area contributed by atoms with Crippen molar-refractivity contribution in [3.63, 3.8) is 0 Å². The molecule has 0 fully saturated rings. The summed E-state index contributed by atoms with van der Waals surface area (Å²) in [6, 6.07) is 9.86. The molecule has 0 aromatic heterocycles. The molecule has 1 aromatic rings. The van der Waals surface area contributed by atoms with Crippen LogP contribution in [-0.2, 0) is 0 Å². The third kappa shape index (κ3) is 2.05. The average molecular weight is 217 g/mol. The highest BCUT2D eigenvalue weighted by molar-refractivity contribution is 5.78. The second kappa shape index (κ2) is 4.79. The molecule has 1 atom stereocenters. The standard InChI is InChI=1S/C12H15N3O/c1-2-13-12(16)15-11(8-9-14-15)10-6-4-3-5-7-10/h3-7,9,11H,2,8H2,1H3,(H,13,16). The van der Waals surface area contributed by atoms with E-state index in [1.807, 2.05) is 37.3 Å². The Morgan fingerprint density at radius 1 is 1.50 bits per heavy atom. The number of amides is 2. The summed E-state index contributed by atoms with van der Waals surface area (Å²) in [5.74, 6) is 0. The number of hydrazone groups is 1. The monoisotopic (exact) mass is 217 g/mol. The van der Waals surface area contributed by atoms with Gasteiger partial charge in [-0.3, -0.25) is 0 Å². The fraction of sp³-hybridized carbons (Fsp3) is 0.333. The summed E-state index contributed by atoms with van der Waals surface area (Å²) in [7, 11) is 0. The van der Waals surface area contributed by atoms with Gasteiger partial charge in [-0.2, -0.15) is 5.10 Å². The maximum absolute atomic E-state index is 11.7. The summed E-state index contributed by atoms with van der Waals surface area (Å²) in [5.41, 5.74) is 1.12. The number of hydrogen-bond donors (Lipinski definition) is 1. The van der Waals surface area contributed by atoms with Crippen molar-refractivity contribution in [3.05, 3.63) is 35.9 Å². The van der Waals surface area contributed by atoms with Crippen molar-refractivity contribution < 1.29 is 4.79 Å². The van der Waals surface area contributed by atoms with Gasteiger partial charge in [0.1, 0.15) is 0 Å². The van der Waals surface area contributed by atoms with Crippen LogP contribution in [0.2, 0.25) is 0 Å². The highest BCUT2D eigenvalue weighted by Gasteiger charge is 2.27. The molecule has 2 amide bonds. The van der Waals surface area contributed by atoms with Crippen LogP contribution in [-0.4, -0.2) is 23.8 Å². The maximum Gasteiger partial charge on any atom is 0.338 e. The molecule has 1 aliphatic heterocycles. The normalized spacial score (nSPS) is 18.8. The lowest BCUT2D eigenvalue weighted by Gasteiger charge is -2.22. The molecule has 1 aliphatic rings. The van der Waals surface area contributed by atoms with Crippen molar-refractivity contribution in [2.75, 3.05) is 6.54 Å². The first-order valence-electron chi connectivity index (χ1n) is 5.47. The molecule has 84 valence electrons. The molecular formula is C12H15N3O. The van der Waals surface area contributed by atoms with E-state index in [0.29, 0.717) is 6.54 Å². The molecule has 0 saturated carbocycles. The second-order valence-corrected chi connectivity index (χ2v) is 3.64. The summed E-state index contributed by atoms with van der Waals surface area (Å²) >= 11 is 0. The van der Waals surface area contributed by atoms with E-state index in [1.54, 1.807) is 6.21 Å². The Balaban J connectivity index is 2.14. The van der Waals surface area contributed by atoms with Crippen molar-refractivity contribution in [1.29, 1.82) is 0 Å². The molecule has 1 heterocycles. The first-order chi connectivity index (χ1) is 7.83. The van der Waals surface area contributed by atoms with E-state index in [9.17, 15) is 4.79 Å². The predicted molar refractivity (Wildman–Crippen MR) is 63.2 cm³/mol. The topological polar surface area (TPSA) is 44.7 Å². The van der Waals surface area contributed by atoms with Crippen LogP contribution in [0.15, 0.2) is 35.4 Å². The SMILES string of the molecule is CCNC(=O)N1N=CCC1c1ccccc1. The number of rotatable bonds is 2. The minimum absolute atomic E-state index is 0.0350. The van der Waals surface area contributed by atoms with Gasteiger partial charge in [-0.25, -0.2) is 9.80 Å². The molecule has 0 radical (unpaired) electrons. The van der Waals surface area contributed by atoms with Crippen molar-refractivity contribution in [3.8, 4) is 0 Å². The fourth-order valence-electron chi connectivity index (χ4n) is 1.79. The molecule has 16 heavy (non-hydrogen) atoms. The van der Waals surface area contributed by atoms with Crippen LogP contribution < -0.4 is 5.32 Å². The Morgan fingerprint density at radius 3 is 2.94 bits per heavy atom. The lowest BCUT2D eigenvalue weighted by Crippen LogP contribution is -2.36. The first-order valence-corrected chi connectivity index (χ1v) is 5.47. The highest BCUT2D eigenvalue weighted by Crippen LogP contribution is 2.27. The van der Waals surface area contributed by atoms with Gasteiger partial charge < -0.3 is 5.32 Å². The van der Waals surface area contributed by atoms with Gasteiger partial charge in [0.2, 0.25) is 0 Å². The smallest absolute Gasteiger partial charge is 0.337 e. The molecule has 1 aromatic carbocycles. The largest absolute Gasteiger partial charge is 0.338 e. The van der Waals surface area contributed by atoms with E-state index in [4.69, 9.17) is 0 Å². The zero-order valence-corrected chi connectivity index (χ0v) is 9.26. The van der Waals surface area contributed by atoms with Gasteiger partial charge in [0.25, 0.3) is 0 Å². The quantitative estimate of drug-likeness (QED) is 0.810. The van der Waals surface area contributed by atoms with Crippen LogP contribution >= 0.6 is 0 Å². The van der Waals surface area contributed by atoms with Gasteiger partial charge in [-0.1, -0.05) is 30.3 Å². The number of benzene rings is 1. The van der Waals surface area contributed by atoms with Crippen LogP contribution in [0.4, 0.5) is 4.79 Å². The highest BCUT2D eigenvalue weighted by atomic mass is 16.2. The third-order valence-electron chi connectivity index (χ3n) is 2.55. The Labute approximate surface area is 95.0 Å². The molecule has 4 nitrogen and oxygen atoms in total. The van der Waals surface area contributed by atoms with Crippen LogP contribution in [0.3, 0.4) is 0 Å². The van der Waals surface area contributed by atoms with E-state index in [1.165, 1.54) is 5.01 Å². The van der Waals surface area contributed by atoms with Crippen LogP contribution in [0.5, 0.6) is 0 Å². The minimum atomic E-state index is -0.134. The summed E-state index contributed by atoms with van der Waals surface area (Å²) in [6.45, 7) is 2.52. The van der Waals surface area contributed by atoms with E-state index in [2.05, 4.69) is 10.4 Å². The van der Waals surface area contributed by atoms with Gasteiger partial charge in [0, 0.05) is 19.2 Å². The molecule has 0 saturated heterocycles. The lowest BCUT2D eigenvalue weighted by molar-refractivity contribution is 0.187. The second-order valence-electron chi connectivity index (χ2n) is 3.64. The van der Waals surface area contributed by atoms with Gasteiger partial charge in [0.15, 0.2) is 0 Å². The molecule has 0 spiro atoms. The summed E-state index contributed by atoms with van der Waals surface area (Å²) < 4.78 is 0.